The Bertz CT molecular complexity index is 192. The van der Waals surface area contributed by atoms with Crippen LogP contribution in [0.1, 0.15) is 34.6 Å². The van der Waals surface area contributed by atoms with Crippen LogP contribution >= 0.6 is 0 Å². The summed E-state index contributed by atoms with van der Waals surface area (Å²) in [5.74, 6) is -0.536. The van der Waals surface area contributed by atoms with E-state index in [0.29, 0.717) is 5.76 Å². The van der Waals surface area contributed by atoms with Gasteiger partial charge in [-0.2, -0.15) is 0 Å². The summed E-state index contributed by atoms with van der Waals surface area (Å²) in [7, 11) is 0. The minimum atomic E-state index is -0.796. The van der Waals surface area contributed by atoms with Gasteiger partial charge in [-0.25, -0.2) is 4.79 Å². The predicted octanol–water partition coefficient (Wildman–Crippen LogP) is 2.23. The second-order valence-electron chi connectivity index (χ2n) is 2.68. The second-order valence-corrected chi connectivity index (χ2v) is 2.68. The Morgan fingerprint density at radius 3 is 2.08 bits per heavy atom. The number of esters is 1. The van der Waals surface area contributed by atoms with E-state index in [1.54, 1.807) is 20.8 Å². The lowest BCUT2D eigenvalue weighted by molar-refractivity contribution is -0.204. The zero-order chi connectivity index (χ0) is 9.78. The van der Waals surface area contributed by atoms with Crippen LogP contribution in [-0.4, -0.2) is 11.8 Å². The van der Waals surface area contributed by atoms with Gasteiger partial charge in [-0.1, -0.05) is 13.8 Å². The summed E-state index contributed by atoms with van der Waals surface area (Å²) < 4.78 is 9.97. The quantitative estimate of drug-likeness (QED) is 0.525. The van der Waals surface area contributed by atoms with Crippen LogP contribution in [0, 0.1) is 0 Å². The Hall–Kier alpha value is -0.990. The van der Waals surface area contributed by atoms with Crippen molar-refractivity contribution in [2.75, 3.05) is 0 Å². The highest BCUT2D eigenvalue weighted by atomic mass is 16.7. The van der Waals surface area contributed by atoms with Gasteiger partial charge < -0.3 is 9.47 Å². The van der Waals surface area contributed by atoms with E-state index in [9.17, 15) is 4.79 Å². The van der Waals surface area contributed by atoms with E-state index < -0.39 is 5.79 Å². The van der Waals surface area contributed by atoms with Crippen LogP contribution in [0.5, 0.6) is 0 Å². The van der Waals surface area contributed by atoms with Gasteiger partial charge >= 0.3 is 5.97 Å². The molecule has 12 heavy (non-hydrogen) atoms. The van der Waals surface area contributed by atoms with Crippen LogP contribution in [0.2, 0.25) is 0 Å². The molecule has 1 aliphatic rings. The summed E-state index contributed by atoms with van der Waals surface area (Å²) in [5, 5.41) is 0. The average molecular weight is 172 g/mol. The first-order valence-corrected chi connectivity index (χ1v) is 4.10. The molecule has 0 radical (unpaired) electrons. The predicted molar refractivity (Wildman–Crippen MR) is 46.4 cm³/mol. The smallest absolute Gasteiger partial charge is 0.337 e. The Morgan fingerprint density at radius 1 is 1.25 bits per heavy atom. The third-order valence-electron chi connectivity index (χ3n) is 1.07. The van der Waals surface area contributed by atoms with Gasteiger partial charge in [-0.3, -0.25) is 0 Å². The first-order valence-electron chi connectivity index (χ1n) is 4.10. The van der Waals surface area contributed by atoms with Crippen molar-refractivity contribution in [2.24, 2.45) is 0 Å². The molecule has 1 aliphatic heterocycles. The third-order valence-corrected chi connectivity index (χ3v) is 1.07. The molecule has 0 aromatic rings. The Kier molecular flexibility index (Phi) is 3.80. The number of carbonyl (C=O) groups is 1. The van der Waals surface area contributed by atoms with E-state index in [2.05, 4.69) is 0 Å². The number of ether oxygens (including phenoxy) is 2. The SMILES string of the molecule is CC.CC1=CC(=O)OC(C)(C)O1. The van der Waals surface area contributed by atoms with Gasteiger partial charge in [0.15, 0.2) is 0 Å². The number of rotatable bonds is 0. The van der Waals surface area contributed by atoms with E-state index in [4.69, 9.17) is 9.47 Å². The minimum absolute atomic E-state index is 0.339. The molecule has 0 atom stereocenters. The summed E-state index contributed by atoms with van der Waals surface area (Å²) in [4.78, 5) is 10.7. The topological polar surface area (TPSA) is 35.5 Å². The number of carbonyl (C=O) groups excluding carboxylic acids is 1. The van der Waals surface area contributed by atoms with Crippen LogP contribution < -0.4 is 0 Å². The van der Waals surface area contributed by atoms with Crippen LogP contribution in [0.25, 0.3) is 0 Å². The van der Waals surface area contributed by atoms with Crippen molar-refractivity contribution in [1.82, 2.24) is 0 Å². The zero-order valence-corrected chi connectivity index (χ0v) is 8.30. The van der Waals surface area contributed by atoms with Gasteiger partial charge in [0.25, 0.3) is 0 Å². The highest BCUT2D eigenvalue weighted by molar-refractivity contribution is 5.83. The highest BCUT2D eigenvalue weighted by Crippen LogP contribution is 2.20. The molecule has 3 heteroatoms. The maximum atomic E-state index is 10.7. The fraction of sp³-hybridized carbons (Fsp3) is 0.667. The van der Waals surface area contributed by atoms with Crippen molar-refractivity contribution in [2.45, 2.75) is 40.4 Å². The number of allylic oxidation sites excluding steroid dienone is 1. The van der Waals surface area contributed by atoms with Crippen LogP contribution in [0.15, 0.2) is 11.8 Å². The van der Waals surface area contributed by atoms with Crippen molar-refractivity contribution in [3.8, 4) is 0 Å². The summed E-state index contributed by atoms with van der Waals surface area (Å²) in [5.41, 5.74) is 0. The Labute approximate surface area is 73.4 Å². The van der Waals surface area contributed by atoms with Crippen LogP contribution in [0.3, 0.4) is 0 Å². The minimum Gasteiger partial charge on any atom is -0.457 e. The first-order chi connectivity index (χ1) is 5.49. The zero-order valence-electron chi connectivity index (χ0n) is 8.30. The second kappa shape index (κ2) is 4.14. The van der Waals surface area contributed by atoms with Gasteiger partial charge in [-0.15, -0.1) is 0 Å². The van der Waals surface area contributed by atoms with E-state index >= 15 is 0 Å². The highest BCUT2D eigenvalue weighted by Gasteiger charge is 2.27. The van der Waals surface area contributed by atoms with Crippen molar-refractivity contribution >= 4 is 5.97 Å². The summed E-state index contributed by atoms with van der Waals surface area (Å²) in [6.07, 6.45) is 1.32. The van der Waals surface area contributed by atoms with E-state index in [-0.39, 0.29) is 5.97 Å². The molecule has 1 heterocycles. The molecule has 3 nitrogen and oxygen atoms in total. The van der Waals surface area contributed by atoms with Crippen molar-refractivity contribution in [3.63, 3.8) is 0 Å². The Balaban J connectivity index is 0.000000561. The molecule has 0 aromatic heterocycles. The largest absolute Gasteiger partial charge is 0.457 e. The average Bonchev–Trinajstić information content (AvgIpc) is 1.85. The standard InChI is InChI=1S/C7H10O3.C2H6/c1-5-4-6(8)10-7(2,3)9-5;1-2/h4H,1-3H3;1-2H3. The molecule has 0 fully saturated rings. The van der Waals surface area contributed by atoms with Gasteiger partial charge in [0, 0.05) is 13.8 Å². The van der Waals surface area contributed by atoms with Gasteiger partial charge in [-0.05, 0) is 6.92 Å². The molecule has 70 valence electrons. The van der Waals surface area contributed by atoms with Gasteiger partial charge in [0.1, 0.15) is 5.76 Å². The Morgan fingerprint density at radius 2 is 1.75 bits per heavy atom. The number of cyclic esters (lactones) is 1. The van der Waals surface area contributed by atoms with E-state index in [1.165, 1.54) is 6.08 Å². The van der Waals surface area contributed by atoms with Crippen molar-refractivity contribution in [1.29, 1.82) is 0 Å². The van der Waals surface area contributed by atoms with Crippen LogP contribution in [-0.2, 0) is 14.3 Å². The number of hydrogen-bond donors (Lipinski definition) is 0. The molecular formula is C9H16O3. The summed E-state index contributed by atoms with van der Waals surface area (Å²) in [6.45, 7) is 9.12. The lowest BCUT2D eigenvalue weighted by Crippen LogP contribution is -2.33. The fourth-order valence-electron chi connectivity index (χ4n) is 0.876. The molecule has 0 N–H and O–H groups in total. The van der Waals surface area contributed by atoms with E-state index in [1.807, 2.05) is 13.8 Å². The van der Waals surface area contributed by atoms with Crippen molar-refractivity contribution in [3.05, 3.63) is 11.8 Å². The lowest BCUT2D eigenvalue weighted by atomic mass is 10.3. The summed E-state index contributed by atoms with van der Waals surface area (Å²) in [6, 6.07) is 0. The number of hydrogen-bond acceptors (Lipinski definition) is 3. The molecule has 0 aliphatic carbocycles. The van der Waals surface area contributed by atoms with E-state index in [0.717, 1.165) is 0 Å². The van der Waals surface area contributed by atoms with Gasteiger partial charge in [0.05, 0.1) is 6.08 Å². The molecule has 0 amide bonds. The monoisotopic (exact) mass is 172 g/mol. The van der Waals surface area contributed by atoms with Crippen molar-refractivity contribution < 1.29 is 14.3 Å². The molecule has 0 unspecified atom stereocenters. The fourth-order valence-corrected chi connectivity index (χ4v) is 0.876. The molecule has 0 saturated carbocycles. The maximum Gasteiger partial charge on any atom is 0.337 e. The first kappa shape index (κ1) is 11.0. The van der Waals surface area contributed by atoms with Crippen LogP contribution in [0.4, 0.5) is 0 Å². The molecular weight excluding hydrogens is 156 g/mol. The maximum absolute atomic E-state index is 10.7. The third kappa shape index (κ3) is 3.42. The summed E-state index contributed by atoms with van der Waals surface area (Å²) >= 11 is 0. The molecule has 0 bridgehead atoms. The normalized spacial score (nSPS) is 19.4. The molecule has 0 spiro atoms. The van der Waals surface area contributed by atoms with Gasteiger partial charge in [0.2, 0.25) is 5.79 Å². The molecule has 1 rings (SSSR count). The molecule has 0 aromatic carbocycles. The lowest BCUT2D eigenvalue weighted by Gasteiger charge is -2.29. The molecule has 0 saturated heterocycles.